The molecule has 0 bridgehead atoms. The number of unbranched alkanes of at least 4 members (excludes halogenated alkanes) is 2. The molecular weight excluding hydrogens is 162 g/mol. The molecule has 0 radical (unpaired) electrons. The van der Waals surface area contributed by atoms with Crippen molar-refractivity contribution < 1.29 is 5.11 Å². The van der Waals surface area contributed by atoms with Crippen LogP contribution in [0.1, 0.15) is 39.0 Å². The van der Waals surface area contributed by atoms with Crippen LogP contribution in [-0.2, 0) is 0 Å². The number of rotatable bonds is 5. The molecule has 13 heavy (non-hydrogen) atoms. The fraction of sp³-hybridized carbons (Fsp3) is 1.00. The smallest absolute Gasteiger partial charge is 0.0460 e. The highest BCUT2D eigenvalue weighted by atomic mass is 16.3. The van der Waals surface area contributed by atoms with Crippen LogP contribution in [0.25, 0.3) is 0 Å². The van der Waals surface area contributed by atoms with E-state index in [1.807, 2.05) is 0 Å². The summed E-state index contributed by atoms with van der Waals surface area (Å²) in [5.74, 6) is 0.586. The summed E-state index contributed by atoms with van der Waals surface area (Å²) in [6.07, 6.45) is 6.42. The van der Waals surface area contributed by atoms with Gasteiger partial charge in [-0.05, 0) is 44.8 Å². The first-order valence-electron chi connectivity index (χ1n) is 5.70. The third kappa shape index (κ3) is 4.10. The second-order valence-corrected chi connectivity index (χ2v) is 4.17. The monoisotopic (exact) mass is 185 g/mol. The number of nitrogens with zero attached hydrogens (tertiary/aromatic N) is 1. The Morgan fingerprint density at radius 1 is 1.23 bits per heavy atom. The Kier molecular flexibility index (Phi) is 5.40. The Morgan fingerprint density at radius 3 is 2.46 bits per heavy atom. The lowest BCUT2D eigenvalue weighted by Gasteiger charge is -2.30. The van der Waals surface area contributed by atoms with Crippen LogP contribution in [0.4, 0.5) is 0 Å². The van der Waals surface area contributed by atoms with Gasteiger partial charge in [0.2, 0.25) is 0 Å². The summed E-state index contributed by atoms with van der Waals surface area (Å²) in [6.45, 7) is 6.32. The summed E-state index contributed by atoms with van der Waals surface area (Å²) in [7, 11) is 0. The van der Waals surface area contributed by atoms with Crippen molar-refractivity contribution in [2.24, 2.45) is 5.92 Å². The van der Waals surface area contributed by atoms with Crippen LogP contribution >= 0.6 is 0 Å². The van der Waals surface area contributed by atoms with Crippen molar-refractivity contribution in [1.82, 2.24) is 4.90 Å². The summed E-state index contributed by atoms with van der Waals surface area (Å²) < 4.78 is 0. The molecule has 0 aromatic rings. The number of aliphatic hydroxyl groups excluding tert-OH is 1. The van der Waals surface area contributed by atoms with Crippen molar-refractivity contribution in [3.8, 4) is 0 Å². The van der Waals surface area contributed by atoms with Gasteiger partial charge in [-0.25, -0.2) is 0 Å². The second-order valence-electron chi connectivity index (χ2n) is 4.17. The summed E-state index contributed by atoms with van der Waals surface area (Å²) in [5, 5.41) is 8.97. The van der Waals surface area contributed by atoms with Gasteiger partial charge in [-0.1, -0.05) is 19.8 Å². The molecule has 0 aliphatic carbocycles. The minimum absolute atomic E-state index is 0.392. The fourth-order valence-corrected chi connectivity index (χ4v) is 1.98. The highest BCUT2D eigenvalue weighted by Gasteiger charge is 2.17. The molecule has 0 saturated carbocycles. The summed E-state index contributed by atoms with van der Waals surface area (Å²) in [5.41, 5.74) is 0. The van der Waals surface area contributed by atoms with Crippen LogP contribution in [0, 0.1) is 5.92 Å². The van der Waals surface area contributed by atoms with Crippen LogP contribution in [0.2, 0.25) is 0 Å². The molecular formula is C11H23NO. The minimum Gasteiger partial charge on any atom is -0.396 e. The van der Waals surface area contributed by atoms with Gasteiger partial charge in [0.1, 0.15) is 0 Å². The third-order valence-electron chi connectivity index (χ3n) is 3.04. The Hall–Kier alpha value is -0.0800. The first-order chi connectivity index (χ1) is 6.36. The van der Waals surface area contributed by atoms with E-state index in [1.54, 1.807) is 0 Å². The first kappa shape index (κ1) is 11.0. The summed E-state index contributed by atoms with van der Waals surface area (Å²) >= 11 is 0. The van der Waals surface area contributed by atoms with E-state index in [1.165, 1.54) is 51.7 Å². The van der Waals surface area contributed by atoms with E-state index < -0.39 is 0 Å². The van der Waals surface area contributed by atoms with Gasteiger partial charge >= 0.3 is 0 Å². The van der Waals surface area contributed by atoms with Gasteiger partial charge in [0.25, 0.3) is 0 Å². The lowest BCUT2D eigenvalue weighted by atomic mass is 9.98. The summed E-state index contributed by atoms with van der Waals surface area (Å²) in [4.78, 5) is 2.54. The number of hydrogen-bond acceptors (Lipinski definition) is 2. The zero-order valence-corrected chi connectivity index (χ0v) is 8.84. The van der Waals surface area contributed by atoms with E-state index >= 15 is 0 Å². The molecule has 2 nitrogen and oxygen atoms in total. The van der Waals surface area contributed by atoms with Gasteiger partial charge in [-0.2, -0.15) is 0 Å². The van der Waals surface area contributed by atoms with E-state index in [0.29, 0.717) is 12.5 Å². The zero-order chi connectivity index (χ0) is 9.52. The molecule has 0 aromatic carbocycles. The fourth-order valence-electron chi connectivity index (χ4n) is 1.98. The topological polar surface area (TPSA) is 23.5 Å². The molecule has 0 spiro atoms. The van der Waals surface area contributed by atoms with Crippen LogP contribution in [0.15, 0.2) is 0 Å². The lowest BCUT2D eigenvalue weighted by Crippen LogP contribution is -2.35. The van der Waals surface area contributed by atoms with Crippen molar-refractivity contribution in [3.63, 3.8) is 0 Å². The molecule has 1 heterocycles. The van der Waals surface area contributed by atoms with Crippen molar-refractivity contribution in [2.45, 2.75) is 39.0 Å². The molecule has 1 fully saturated rings. The second kappa shape index (κ2) is 6.39. The quantitative estimate of drug-likeness (QED) is 0.661. The average Bonchev–Trinajstić information content (AvgIpc) is 2.19. The highest BCUT2D eigenvalue weighted by molar-refractivity contribution is 4.71. The van der Waals surface area contributed by atoms with Gasteiger partial charge in [-0.15, -0.1) is 0 Å². The number of hydrogen-bond donors (Lipinski definition) is 1. The van der Waals surface area contributed by atoms with E-state index in [2.05, 4.69) is 11.8 Å². The normalized spacial score (nSPS) is 20.8. The van der Waals surface area contributed by atoms with E-state index in [4.69, 9.17) is 5.11 Å². The molecule has 0 unspecified atom stereocenters. The predicted molar refractivity (Wildman–Crippen MR) is 55.8 cm³/mol. The van der Waals surface area contributed by atoms with Crippen molar-refractivity contribution >= 4 is 0 Å². The molecule has 1 saturated heterocycles. The van der Waals surface area contributed by atoms with E-state index in [0.717, 1.165) is 0 Å². The number of piperidine rings is 1. The van der Waals surface area contributed by atoms with Gasteiger partial charge in [0.05, 0.1) is 0 Å². The predicted octanol–water partition coefficient (Wildman–Crippen LogP) is 1.88. The molecule has 1 N–H and O–H groups in total. The van der Waals surface area contributed by atoms with Gasteiger partial charge in [0.15, 0.2) is 0 Å². The first-order valence-corrected chi connectivity index (χ1v) is 5.70. The van der Waals surface area contributed by atoms with Crippen LogP contribution in [-0.4, -0.2) is 36.2 Å². The maximum atomic E-state index is 8.97. The maximum Gasteiger partial charge on any atom is 0.0460 e. The molecule has 0 aromatic heterocycles. The number of aliphatic hydroxyl groups is 1. The SMILES string of the molecule is CCCCCN1CCC(CO)CC1. The molecule has 2 heteroatoms. The van der Waals surface area contributed by atoms with Gasteiger partial charge in [0, 0.05) is 6.61 Å². The van der Waals surface area contributed by atoms with E-state index in [9.17, 15) is 0 Å². The minimum atomic E-state index is 0.392. The maximum absolute atomic E-state index is 8.97. The highest BCUT2D eigenvalue weighted by Crippen LogP contribution is 2.16. The molecule has 1 aliphatic heterocycles. The van der Waals surface area contributed by atoms with E-state index in [-0.39, 0.29) is 0 Å². The average molecular weight is 185 g/mol. The van der Waals surface area contributed by atoms with Gasteiger partial charge in [-0.3, -0.25) is 0 Å². The Bertz CT molecular complexity index is 117. The largest absolute Gasteiger partial charge is 0.396 e. The zero-order valence-electron chi connectivity index (χ0n) is 8.84. The van der Waals surface area contributed by atoms with Crippen molar-refractivity contribution in [1.29, 1.82) is 0 Å². The Balaban J connectivity index is 2.03. The standard InChI is InChI=1S/C11H23NO/c1-2-3-4-7-12-8-5-11(10-13)6-9-12/h11,13H,2-10H2,1H3. The molecule has 1 aliphatic rings. The lowest BCUT2D eigenvalue weighted by molar-refractivity contribution is 0.130. The van der Waals surface area contributed by atoms with Gasteiger partial charge < -0.3 is 10.0 Å². The Morgan fingerprint density at radius 2 is 1.92 bits per heavy atom. The molecule has 0 amide bonds. The molecule has 78 valence electrons. The van der Waals surface area contributed by atoms with Crippen LogP contribution in [0.3, 0.4) is 0 Å². The van der Waals surface area contributed by atoms with Crippen LogP contribution < -0.4 is 0 Å². The number of likely N-dealkylation sites (tertiary alicyclic amines) is 1. The van der Waals surface area contributed by atoms with Crippen molar-refractivity contribution in [2.75, 3.05) is 26.2 Å². The Labute approximate surface area is 81.9 Å². The molecule has 0 atom stereocenters. The summed E-state index contributed by atoms with van der Waals surface area (Å²) in [6, 6.07) is 0. The van der Waals surface area contributed by atoms with Crippen LogP contribution in [0.5, 0.6) is 0 Å². The third-order valence-corrected chi connectivity index (χ3v) is 3.04. The van der Waals surface area contributed by atoms with Crippen molar-refractivity contribution in [3.05, 3.63) is 0 Å². The molecule has 1 rings (SSSR count).